The zero-order valence-corrected chi connectivity index (χ0v) is 13.2. The summed E-state index contributed by atoms with van der Waals surface area (Å²) >= 11 is 0. The number of nitrogens with one attached hydrogen (secondary N) is 1. The summed E-state index contributed by atoms with van der Waals surface area (Å²) in [5.74, 6) is 0. The van der Waals surface area contributed by atoms with E-state index in [2.05, 4.69) is 75.3 Å². The largest absolute Gasteiger partial charge is 0.313 e. The first kappa shape index (κ1) is 16.2. The summed E-state index contributed by atoms with van der Waals surface area (Å²) < 4.78 is 0. The lowest BCUT2D eigenvalue weighted by molar-refractivity contribution is 0.158. The molecule has 0 saturated carbocycles. The molecule has 0 amide bonds. The number of nitrogens with zero attached hydrogens (tertiary/aromatic N) is 1. The van der Waals surface area contributed by atoms with Crippen LogP contribution in [0.15, 0.2) is 30.3 Å². The molecule has 2 heteroatoms. The second kappa shape index (κ2) is 8.34. The first-order valence-corrected chi connectivity index (χ1v) is 7.60. The average molecular weight is 262 g/mol. The van der Waals surface area contributed by atoms with Crippen LogP contribution in [0.25, 0.3) is 0 Å². The lowest BCUT2D eigenvalue weighted by Gasteiger charge is -2.35. The summed E-state index contributed by atoms with van der Waals surface area (Å²) in [6, 6.07) is 12.5. The van der Waals surface area contributed by atoms with Crippen molar-refractivity contribution in [1.29, 1.82) is 0 Å². The van der Waals surface area contributed by atoms with E-state index in [1.165, 1.54) is 18.4 Å². The van der Waals surface area contributed by atoms with Gasteiger partial charge in [-0.25, -0.2) is 0 Å². The fourth-order valence-electron chi connectivity index (χ4n) is 2.64. The molecule has 0 heterocycles. The van der Waals surface area contributed by atoms with Crippen LogP contribution < -0.4 is 5.32 Å². The van der Waals surface area contributed by atoms with Gasteiger partial charge in [0.2, 0.25) is 0 Å². The van der Waals surface area contributed by atoms with Crippen LogP contribution in [-0.2, 0) is 0 Å². The van der Waals surface area contributed by atoms with Gasteiger partial charge in [-0.2, -0.15) is 0 Å². The first-order chi connectivity index (χ1) is 9.10. The zero-order chi connectivity index (χ0) is 14.3. The summed E-state index contributed by atoms with van der Waals surface area (Å²) in [7, 11) is 2.26. The SMILES string of the molecule is CCC(CC)N(C)C(CNC(C)C)c1ccccc1. The van der Waals surface area contributed by atoms with Crippen molar-refractivity contribution in [3.63, 3.8) is 0 Å². The molecular weight excluding hydrogens is 232 g/mol. The van der Waals surface area contributed by atoms with Gasteiger partial charge in [0.05, 0.1) is 0 Å². The molecule has 0 bridgehead atoms. The Balaban J connectivity index is 2.85. The molecule has 0 fully saturated rings. The molecule has 108 valence electrons. The summed E-state index contributed by atoms with van der Waals surface area (Å²) in [6.07, 6.45) is 2.41. The highest BCUT2D eigenvalue weighted by Gasteiger charge is 2.22. The van der Waals surface area contributed by atoms with Crippen LogP contribution in [0, 0.1) is 0 Å². The van der Waals surface area contributed by atoms with Gasteiger partial charge in [-0.15, -0.1) is 0 Å². The molecule has 1 rings (SSSR count). The smallest absolute Gasteiger partial charge is 0.0472 e. The maximum absolute atomic E-state index is 3.59. The van der Waals surface area contributed by atoms with Crippen LogP contribution in [0.3, 0.4) is 0 Å². The van der Waals surface area contributed by atoms with Gasteiger partial charge in [-0.05, 0) is 25.5 Å². The van der Waals surface area contributed by atoms with Crippen LogP contribution in [0.5, 0.6) is 0 Å². The fraction of sp³-hybridized carbons (Fsp3) is 0.647. The highest BCUT2D eigenvalue weighted by Crippen LogP contribution is 2.23. The van der Waals surface area contributed by atoms with Crippen molar-refractivity contribution in [2.45, 2.75) is 58.7 Å². The molecule has 0 aliphatic heterocycles. The third-order valence-corrected chi connectivity index (χ3v) is 3.91. The third kappa shape index (κ3) is 4.96. The van der Waals surface area contributed by atoms with Crippen molar-refractivity contribution < 1.29 is 0 Å². The Morgan fingerprint density at radius 2 is 1.63 bits per heavy atom. The van der Waals surface area contributed by atoms with Crippen LogP contribution in [0.4, 0.5) is 0 Å². The molecule has 0 saturated heterocycles. The minimum Gasteiger partial charge on any atom is -0.313 e. The summed E-state index contributed by atoms with van der Waals surface area (Å²) in [6.45, 7) is 9.98. The van der Waals surface area contributed by atoms with Gasteiger partial charge in [-0.3, -0.25) is 4.90 Å². The molecule has 0 radical (unpaired) electrons. The molecule has 1 N–H and O–H groups in total. The number of rotatable bonds is 8. The average Bonchev–Trinajstić information content (AvgIpc) is 2.41. The molecule has 19 heavy (non-hydrogen) atoms. The summed E-state index contributed by atoms with van der Waals surface area (Å²) in [4.78, 5) is 2.53. The van der Waals surface area contributed by atoms with Crippen LogP contribution in [0.2, 0.25) is 0 Å². The van der Waals surface area contributed by atoms with Crippen molar-refractivity contribution in [3.05, 3.63) is 35.9 Å². The van der Waals surface area contributed by atoms with E-state index in [1.54, 1.807) is 0 Å². The Morgan fingerprint density at radius 1 is 1.05 bits per heavy atom. The normalized spacial score (nSPS) is 13.5. The highest BCUT2D eigenvalue weighted by molar-refractivity contribution is 5.19. The van der Waals surface area contributed by atoms with Gasteiger partial charge >= 0.3 is 0 Å². The molecule has 0 spiro atoms. The molecule has 2 nitrogen and oxygen atoms in total. The van der Waals surface area contributed by atoms with Crippen molar-refractivity contribution in [1.82, 2.24) is 10.2 Å². The minimum atomic E-state index is 0.452. The Kier molecular flexibility index (Phi) is 7.11. The van der Waals surface area contributed by atoms with Gasteiger partial charge in [0.1, 0.15) is 0 Å². The molecule has 0 aliphatic rings. The maximum Gasteiger partial charge on any atom is 0.0472 e. The van der Waals surface area contributed by atoms with Crippen molar-refractivity contribution in [3.8, 4) is 0 Å². The van der Waals surface area contributed by atoms with Crippen LogP contribution in [-0.4, -0.2) is 30.6 Å². The number of hydrogen-bond donors (Lipinski definition) is 1. The van der Waals surface area contributed by atoms with Crippen LogP contribution >= 0.6 is 0 Å². The van der Waals surface area contributed by atoms with E-state index < -0.39 is 0 Å². The van der Waals surface area contributed by atoms with Crippen molar-refractivity contribution in [2.75, 3.05) is 13.6 Å². The number of hydrogen-bond acceptors (Lipinski definition) is 2. The number of benzene rings is 1. The number of likely N-dealkylation sites (N-methyl/N-ethyl adjacent to an activating group) is 1. The van der Waals surface area contributed by atoms with Gasteiger partial charge < -0.3 is 5.32 Å². The van der Waals surface area contributed by atoms with Gasteiger partial charge in [0, 0.05) is 24.7 Å². The van der Waals surface area contributed by atoms with E-state index >= 15 is 0 Å². The molecule has 1 atom stereocenters. The van der Waals surface area contributed by atoms with E-state index in [1.807, 2.05) is 0 Å². The lowest BCUT2D eigenvalue weighted by Crippen LogP contribution is -2.41. The van der Waals surface area contributed by atoms with E-state index in [-0.39, 0.29) is 0 Å². The van der Waals surface area contributed by atoms with Gasteiger partial charge in [0.15, 0.2) is 0 Å². The molecular formula is C17H30N2. The maximum atomic E-state index is 3.59. The topological polar surface area (TPSA) is 15.3 Å². The van der Waals surface area contributed by atoms with E-state index in [4.69, 9.17) is 0 Å². The predicted octanol–water partition coefficient (Wildman–Crippen LogP) is 3.85. The van der Waals surface area contributed by atoms with Crippen molar-refractivity contribution in [2.24, 2.45) is 0 Å². The molecule has 0 aromatic heterocycles. The highest BCUT2D eigenvalue weighted by atomic mass is 15.2. The molecule has 1 aromatic carbocycles. The van der Waals surface area contributed by atoms with E-state index in [0.717, 1.165) is 6.54 Å². The first-order valence-electron chi connectivity index (χ1n) is 7.60. The molecule has 1 aromatic rings. The van der Waals surface area contributed by atoms with E-state index in [9.17, 15) is 0 Å². The van der Waals surface area contributed by atoms with Crippen LogP contribution in [0.1, 0.15) is 52.1 Å². The second-order valence-corrected chi connectivity index (χ2v) is 5.63. The van der Waals surface area contributed by atoms with Crippen molar-refractivity contribution >= 4 is 0 Å². The Labute approximate surface area is 119 Å². The molecule has 1 unspecified atom stereocenters. The second-order valence-electron chi connectivity index (χ2n) is 5.63. The standard InChI is InChI=1S/C17H30N2/c1-6-16(7-2)19(5)17(13-18-14(3)4)15-11-9-8-10-12-15/h8-12,14,16-18H,6-7,13H2,1-5H3. The van der Waals surface area contributed by atoms with Gasteiger partial charge in [0.25, 0.3) is 0 Å². The minimum absolute atomic E-state index is 0.452. The lowest BCUT2D eigenvalue weighted by atomic mass is 10.0. The Bertz CT molecular complexity index is 330. The summed E-state index contributed by atoms with van der Waals surface area (Å²) in [5, 5.41) is 3.59. The summed E-state index contributed by atoms with van der Waals surface area (Å²) in [5.41, 5.74) is 1.41. The third-order valence-electron chi connectivity index (χ3n) is 3.91. The Morgan fingerprint density at radius 3 is 2.11 bits per heavy atom. The van der Waals surface area contributed by atoms with Gasteiger partial charge in [-0.1, -0.05) is 58.0 Å². The quantitative estimate of drug-likeness (QED) is 0.765. The van der Waals surface area contributed by atoms with E-state index in [0.29, 0.717) is 18.1 Å². The molecule has 0 aliphatic carbocycles. The monoisotopic (exact) mass is 262 g/mol. The predicted molar refractivity (Wildman–Crippen MR) is 84.5 cm³/mol. The zero-order valence-electron chi connectivity index (χ0n) is 13.2. The Hall–Kier alpha value is -0.860. The fourth-order valence-corrected chi connectivity index (χ4v) is 2.64.